The van der Waals surface area contributed by atoms with E-state index in [0.717, 1.165) is 37.7 Å². The summed E-state index contributed by atoms with van der Waals surface area (Å²) in [6, 6.07) is 6.82. The van der Waals surface area contributed by atoms with Crippen molar-refractivity contribution in [3.63, 3.8) is 0 Å². The number of ether oxygens (including phenoxy) is 1. The zero-order valence-corrected chi connectivity index (χ0v) is 21.3. The third-order valence-electron chi connectivity index (χ3n) is 5.94. The minimum absolute atomic E-state index is 0.00574. The van der Waals surface area contributed by atoms with Crippen LogP contribution in [0.1, 0.15) is 64.4 Å². The number of amides is 2. The van der Waals surface area contributed by atoms with Crippen molar-refractivity contribution < 1.29 is 33.7 Å². The third kappa shape index (κ3) is 11.2. The van der Waals surface area contributed by atoms with Crippen molar-refractivity contribution in [1.29, 1.82) is 0 Å². The predicted molar refractivity (Wildman–Crippen MR) is 132 cm³/mol. The van der Waals surface area contributed by atoms with Gasteiger partial charge in [-0.25, -0.2) is 14.7 Å². The molecule has 3 atom stereocenters. The number of rotatable bonds is 13. The molecule has 35 heavy (non-hydrogen) atoms. The molecule has 1 unspecified atom stereocenters. The molecule has 0 bridgehead atoms. The normalized spacial score (nSPS) is 17.7. The van der Waals surface area contributed by atoms with Crippen LogP contribution in [0.25, 0.3) is 0 Å². The summed E-state index contributed by atoms with van der Waals surface area (Å²) < 4.78 is 17.7. The van der Waals surface area contributed by atoms with Crippen LogP contribution >= 0.6 is 7.52 Å². The van der Waals surface area contributed by atoms with E-state index in [-0.39, 0.29) is 24.9 Å². The first-order valence-electron chi connectivity index (χ1n) is 12.1. The highest BCUT2D eigenvalue weighted by atomic mass is 31.2. The summed E-state index contributed by atoms with van der Waals surface area (Å²) in [4.78, 5) is 47.0. The quantitative estimate of drug-likeness (QED) is 0.252. The van der Waals surface area contributed by atoms with Gasteiger partial charge >= 0.3 is 12.1 Å². The van der Waals surface area contributed by atoms with Gasteiger partial charge in [0.05, 0.1) is 6.04 Å². The molecular formula is C24H38N3O7P. The van der Waals surface area contributed by atoms with Crippen molar-refractivity contribution in [3.8, 4) is 0 Å². The summed E-state index contributed by atoms with van der Waals surface area (Å²) in [5, 5.41) is 16.9. The number of alkyl carbamates (subject to hydrolysis) is 1. The molecule has 1 aliphatic carbocycles. The van der Waals surface area contributed by atoms with Crippen LogP contribution in [0.15, 0.2) is 30.3 Å². The monoisotopic (exact) mass is 511 g/mol. The van der Waals surface area contributed by atoms with E-state index >= 15 is 0 Å². The van der Waals surface area contributed by atoms with Crippen molar-refractivity contribution in [1.82, 2.24) is 15.7 Å². The van der Waals surface area contributed by atoms with Gasteiger partial charge in [0.15, 0.2) is 0 Å². The molecule has 5 N–H and O–H groups in total. The Morgan fingerprint density at radius 3 is 2.34 bits per heavy atom. The van der Waals surface area contributed by atoms with Gasteiger partial charge in [0.1, 0.15) is 18.9 Å². The van der Waals surface area contributed by atoms with Gasteiger partial charge in [0, 0.05) is 0 Å². The summed E-state index contributed by atoms with van der Waals surface area (Å²) in [7, 11) is -4.18. The van der Waals surface area contributed by atoms with E-state index in [0.29, 0.717) is 6.42 Å². The lowest BCUT2D eigenvalue weighted by molar-refractivity contribution is -0.142. The van der Waals surface area contributed by atoms with Gasteiger partial charge in [-0.05, 0) is 30.2 Å². The molecule has 1 saturated carbocycles. The van der Waals surface area contributed by atoms with Crippen LogP contribution in [0, 0.1) is 11.8 Å². The van der Waals surface area contributed by atoms with Gasteiger partial charge < -0.3 is 25.4 Å². The van der Waals surface area contributed by atoms with Gasteiger partial charge in [0.2, 0.25) is 5.91 Å². The molecule has 0 heterocycles. The molecule has 2 amide bonds. The second-order valence-corrected chi connectivity index (χ2v) is 11.5. The highest BCUT2D eigenvalue weighted by Crippen LogP contribution is 2.35. The number of benzene rings is 1. The SMILES string of the molecule is CC(C)C[C@H](NP(=O)(O)CNC(=O)OCc1ccccc1)C(=O)N[C@@H](CC1CCCCC1)C(=O)O. The minimum Gasteiger partial charge on any atom is -0.480 e. The average Bonchev–Trinajstić information content (AvgIpc) is 2.81. The first kappa shape index (κ1) is 28.8. The number of carboxylic acid groups (broad SMARTS) is 1. The molecule has 0 aliphatic heterocycles. The predicted octanol–water partition coefficient (Wildman–Crippen LogP) is 3.60. The number of hydrogen-bond donors (Lipinski definition) is 5. The van der Waals surface area contributed by atoms with Gasteiger partial charge in [-0.2, -0.15) is 0 Å². The Hall–Kier alpha value is -2.42. The average molecular weight is 512 g/mol. The molecule has 0 aromatic heterocycles. The van der Waals surface area contributed by atoms with E-state index < -0.39 is 43.9 Å². The Balaban J connectivity index is 1.92. The number of nitrogens with one attached hydrogen (secondary N) is 3. The maximum atomic E-state index is 12.9. The zero-order chi connectivity index (χ0) is 25.8. The van der Waals surface area contributed by atoms with E-state index in [1.807, 2.05) is 19.9 Å². The third-order valence-corrected chi connectivity index (χ3v) is 7.24. The number of aliphatic carboxylic acids is 1. The van der Waals surface area contributed by atoms with Crippen molar-refractivity contribution in [2.75, 3.05) is 6.29 Å². The van der Waals surface area contributed by atoms with E-state index in [1.54, 1.807) is 24.3 Å². The zero-order valence-electron chi connectivity index (χ0n) is 20.4. The van der Waals surface area contributed by atoms with E-state index in [4.69, 9.17) is 4.74 Å². The Bertz CT molecular complexity index is 875. The Labute approximate surface area is 206 Å². The fourth-order valence-electron chi connectivity index (χ4n) is 4.17. The van der Waals surface area contributed by atoms with Crippen LogP contribution < -0.4 is 15.7 Å². The molecule has 10 nitrogen and oxygen atoms in total. The first-order valence-corrected chi connectivity index (χ1v) is 14.0. The molecule has 1 aliphatic rings. The van der Waals surface area contributed by atoms with Gasteiger partial charge in [-0.1, -0.05) is 76.3 Å². The molecule has 1 aromatic carbocycles. The Morgan fingerprint density at radius 2 is 1.74 bits per heavy atom. The van der Waals surface area contributed by atoms with Crippen molar-refractivity contribution >= 4 is 25.5 Å². The van der Waals surface area contributed by atoms with Crippen LogP contribution in [-0.2, 0) is 25.5 Å². The maximum absolute atomic E-state index is 12.9. The molecular weight excluding hydrogens is 473 g/mol. The van der Waals surface area contributed by atoms with E-state index in [1.165, 1.54) is 0 Å². The van der Waals surface area contributed by atoms with Crippen molar-refractivity contribution in [2.24, 2.45) is 11.8 Å². The summed E-state index contributed by atoms with van der Waals surface area (Å²) in [5.74, 6) is -1.55. The van der Waals surface area contributed by atoms with Gasteiger partial charge in [-0.3, -0.25) is 9.36 Å². The van der Waals surface area contributed by atoms with Crippen molar-refractivity contribution in [2.45, 2.75) is 77.5 Å². The molecule has 1 fully saturated rings. The Kier molecular flexibility index (Phi) is 11.7. The number of carbonyl (C=O) groups excluding carboxylic acids is 2. The smallest absolute Gasteiger partial charge is 0.407 e. The maximum Gasteiger partial charge on any atom is 0.407 e. The lowest BCUT2D eigenvalue weighted by Crippen LogP contribution is -2.51. The fourth-order valence-corrected chi connectivity index (χ4v) is 5.32. The summed E-state index contributed by atoms with van der Waals surface area (Å²) >= 11 is 0. The summed E-state index contributed by atoms with van der Waals surface area (Å²) in [6.45, 7) is 3.70. The second-order valence-electron chi connectivity index (χ2n) is 9.55. The molecule has 0 radical (unpaired) electrons. The summed E-state index contributed by atoms with van der Waals surface area (Å²) in [6.07, 6.45) is 4.15. The molecule has 196 valence electrons. The summed E-state index contributed by atoms with van der Waals surface area (Å²) in [5.41, 5.74) is 0.767. The molecule has 2 rings (SSSR count). The fraction of sp³-hybridized carbons (Fsp3) is 0.625. The van der Waals surface area contributed by atoms with Gasteiger partial charge in [0.25, 0.3) is 7.52 Å². The molecule has 0 spiro atoms. The number of carbonyl (C=O) groups is 3. The topological polar surface area (TPSA) is 154 Å². The lowest BCUT2D eigenvalue weighted by Gasteiger charge is -2.28. The van der Waals surface area contributed by atoms with Crippen LogP contribution in [0.2, 0.25) is 0 Å². The molecule has 1 aromatic rings. The highest BCUT2D eigenvalue weighted by Gasteiger charge is 2.32. The standard InChI is InChI=1S/C24H38N3O7P/c1-17(2)13-20(22(28)26-21(23(29)30)14-18-9-5-3-6-10-18)27-35(32,33)16-25-24(31)34-15-19-11-7-4-8-12-19/h4,7-8,11-12,17-18,20-21H,3,5-6,9-10,13-16H2,1-2H3,(H,25,31)(H,26,28)(H,29,30)(H2,27,32,33)/t20-,21-/m0/s1. The highest BCUT2D eigenvalue weighted by molar-refractivity contribution is 7.55. The minimum atomic E-state index is -4.18. The van der Waals surface area contributed by atoms with Crippen LogP contribution in [0.4, 0.5) is 4.79 Å². The second kappa shape index (κ2) is 14.2. The van der Waals surface area contributed by atoms with E-state index in [9.17, 15) is 28.9 Å². The number of carboxylic acids is 1. The molecule has 0 saturated heterocycles. The first-order chi connectivity index (χ1) is 16.6. The van der Waals surface area contributed by atoms with Gasteiger partial charge in [-0.15, -0.1) is 0 Å². The molecule has 11 heteroatoms. The largest absolute Gasteiger partial charge is 0.480 e. The lowest BCUT2D eigenvalue weighted by atomic mass is 9.84. The van der Waals surface area contributed by atoms with Crippen LogP contribution in [-0.4, -0.2) is 46.3 Å². The number of hydrogen-bond acceptors (Lipinski definition) is 5. The Morgan fingerprint density at radius 1 is 1.09 bits per heavy atom. The van der Waals surface area contributed by atoms with E-state index in [2.05, 4.69) is 15.7 Å². The van der Waals surface area contributed by atoms with Crippen molar-refractivity contribution in [3.05, 3.63) is 35.9 Å². The van der Waals surface area contributed by atoms with Crippen LogP contribution in [0.5, 0.6) is 0 Å². The van der Waals surface area contributed by atoms with Crippen LogP contribution in [0.3, 0.4) is 0 Å².